The highest BCUT2D eigenvalue weighted by Gasteiger charge is 2.16. The molecule has 0 unspecified atom stereocenters. The lowest BCUT2D eigenvalue weighted by atomic mass is 10.2. The van der Waals surface area contributed by atoms with E-state index in [1.807, 2.05) is 25.1 Å². The maximum absolute atomic E-state index is 13.6. The average Bonchev–Trinajstić information content (AvgIpc) is 3.06. The van der Waals surface area contributed by atoms with Gasteiger partial charge in [-0.2, -0.15) is 5.26 Å². The molecular formula is C23H17BrFN3O2S. The number of nitrogens with one attached hydrogen (secondary N) is 1. The predicted molar refractivity (Wildman–Crippen MR) is 124 cm³/mol. The zero-order chi connectivity index (χ0) is 22.5. The van der Waals surface area contributed by atoms with Gasteiger partial charge in [0, 0.05) is 6.54 Å². The van der Waals surface area contributed by atoms with Gasteiger partial charge in [-0.15, -0.1) is 17.9 Å². The molecule has 0 fully saturated rings. The van der Waals surface area contributed by atoms with Crippen molar-refractivity contribution in [2.45, 2.75) is 6.92 Å². The number of halogens is 2. The number of amides is 1. The summed E-state index contributed by atoms with van der Waals surface area (Å²) in [7, 11) is 0. The van der Waals surface area contributed by atoms with Gasteiger partial charge in [0.1, 0.15) is 16.5 Å². The molecule has 0 radical (unpaired) electrons. The molecule has 0 aliphatic carbocycles. The van der Waals surface area contributed by atoms with E-state index in [1.165, 1.54) is 16.7 Å². The molecule has 0 aliphatic heterocycles. The van der Waals surface area contributed by atoms with E-state index in [0.29, 0.717) is 15.8 Å². The molecule has 0 aliphatic rings. The molecule has 0 saturated heterocycles. The van der Waals surface area contributed by atoms with Gasteiger partial charge in [-0.3, -0.25) is 14.2 Å². The zero-order valence-electron chi connectivity index (χ0n) is 16.5. The largest absolute Gasteiger partial charge is 0.348 e. The van der Waals surface area contributed by atoms with Crippen LogP contribution in [-0.2, 0) is 4.79 Å². The maximum atomic E-state index is 13.6. The van der Waals surface area contributed by atoms with E-state index < -0.39 is 11.7 Å². The van der Waals surface area contributed by atoms with Gasteiger partial charge in [0.2, 0.25) is 0 Å². The van der Waals surface area contributed by atoms with Crippen molar-refractivity contribution in [3.8, 4) is 11.8 Å². The summed E-state index contributed by atoms with van der Waals surface area (Å²) in [5, 5.41) is 12.3. The summed E-state index contributed by atoms with van der Waals surface area (Å²) >= 11 is 4.16. The van der Waals surface area contributed by atoms with E-state index in [4.69, 9.17) is 0 Å². The number of aryl methyl sites for hydroxylation is 1. The number of aromatic nitrogens is 1. The lowest BCUT2D eigenvalue weighted by molar-refractivity contribution is -0.115. The minimum absolute atomic E-state index is 0.176. The lowest BCUT2D eigenvalue weighted by Crippen LogP contribution is -2.33. The second-order valence-electron chi connectivity index (χ2n) is 6.55. The Morgan fingerprint density at radius 1 is 1.32 bits per heavy atom. The van der Waals surface area contributed by atoms with Gasteiger partial charge in [-0.05, 0) is 58.8 Å². The second kappa shape index (κ2) is 9.69. The van der Waals surface area contributed by atoms with Crippen molar-refractivity contribution >= 4 is 44.8 Å². The lowest BCUT2D eigenvalue weighted by Gasteiger charge is -2.05. The Balaban J connectivity index is 2.35. The summed E-state index contributed by atoms with van der Waals surface area (Å²) in [4.78, 5) is 25.8. The molecule has 0 atom stereocenters. The fourth-order valence-corrected chi connectivity index (χ4v) is 4.28. The number of carbonyl (C=O) groups is 1. The Kier molecular flexibility index (Phi) is 7.00. The first-order valence-electron chi connectivity index (χ1n) is 9.15. The number of thiazole rings is 1. The third-order valence-corrected chi connectivity index (χ3v) is 6.02. The molecule has 0 bridgehead atoms. The topological polar surface area (TPSA) is 74.9 Å². The Hall–Kier alpha value is -3.28. The van der Waals surface area contributed by atoms with Crippen LogP contribution < -0.4 is 20.1 Å². The van der Waals surface area contributed by atoms with Crippen molar-refractivity contribution in [1.82, 2.24) is 9.88 Å². The smallest absolute Gasteiger partial charge is 0.273 e. The molecular weight excluding hydrogens is 481 g/mol. The van der Waals surface area contributed by atoms with Crippen LogP contribution in [0.5, 0.6) is 0 Å². The number of nitriles is 1. The summed E-state index contributed by atoms with van der Waals surface area (Å²) in [6.45, 7) is 5.65. The second-order valence-corrected chi connectivity index (χ2v) is 8.44. The van der Waals surface area contributed by atoms with E-state index in [1.54, 1.807) is 30.3 Å². The minimum Gasteiger partial charge on any atom is -0.348 e. The summed E-state index contributed by atoms with van der Waals surface area (Å²) in [5.74, 6) is -1.01. The van der Waals surface area contributed by atoms with Crippen LogP contribution in [0.1, 0.15) is 11.1 Å². The predicted octanol–water partition coefficient (Wildman–Crippen LogP) is 2.91. The highest BCUT2D eigenvalue weighted by Crippen LogP contribution is 2.17. The van der Waals surface area contributed by atoms with E-state index >= 15 is 0 Å². The summed E-state index contributed by atoms with van der Waals surface area (Å²) in [6.07, 6.45) is 3.10. The molecule has 0 saturated carbocycles. The molecule has 3 rings (SSSR count). The highest BCUT2D eigenvalue weighted by atomic mass is 79.9. The minimum atomic E-state index is -0.597. The third kappa shape index (κ3) is 4.90. The number of nitrogens with zero attached hydrogens (tertiary/aromatic N) is 2. The first-order valence-corrected chi connectivity index (χ1v) is 10.8. The van der Waals surface area contributed by atoms with Crippen LogP contribution in [0.3, 0.4) is 0 Å². The maximum Gasteiger partial charge on any atom is 0.273 e. The molecule has 0 spiro atoms. The number of hydrogen-bond acceptors (Lipinski definition) is 4. The van der Waals surface area contributed by atoms with Crippen LogP contribution in [0.2, 0.25) is 0 Å². The van der Waals surface area contributed by atoms with E-state index in [-0.39, 0.29) is 26.8 Å². The van der Waals surface area contributed by atoms with Crippen LogP contribution in [0.25, 0.3) is 17.3 Å². The van der Waals surface area contributed by atoms with Gasteiger partial charge in [0.05, 0.1) is 14.7 Å². The quantitative estimate of drug-likeness (QED) is 0.550. The van der Waals surface area contributed by atoms with Crippen LogP contribution in [0.15, 0.2) is 64.4 Å². The van der Waals surface area contributed by atoms with E-state index in [2.05, 4.69) is 27.8 Å². The molecule has 8 heteroatoms. The van der Waals surface area contributed by atoms with Gasteiger partial charge < -0.3 is 5.32 Å². The van der Waals surface area contributed by atoms with Crippen LogP contribution in [0, 0.1) is 24.1 Å². The molecule has 1 amide bonds. The normalized spacial score (nSPS) is 12.3. The van der Waals surface area contributed by atoms with Crippen LogP contribution in [-0.4, -0.2) is 17.0 Å². The Morgan fingerprint density at radius 2 is 2.03 bits per heavy atom. The van der Waals surface area contributed by atoms with Crippen molar-refractivity contribution < 1.29 is 9.18 Å². The van der Waals surface area contributed by atoms with Gasteiger partial charge in [0.15, 0.2) is 5.57 Å². The zero-order valence-corrected chi connectivity index (χ0v) is 18.9. The van der Waals surface area contributed by atoms with E-state index in [0.717, 1.165) is 16.9 Å². The fraction of sp³-hybridized carbons (Fsp3) is 0.0870. The fourth-order valence-electron chi connectivity index (χ4n) is 2.78. The highest BCUT2D eigenvalue weighted by molar-refractivity contribution is 9.10. The first kappa shape index (κ1) is 22.4. The number of rotatable bonds is 5. The summed E-state index contributed by atoms with van der Waals surface area (Å²) in [5.41, 5.74) is 1.58. The molecule has 156 valence electrons. The Bertz CT molecular complexity index is 1380. The number of benzene rings is 2. The monoisotopic (exact) mass is 497 g/mol. The van der Waals surface area contributed by atoms with Gasteiger partial charge in [0.25, 0.3) is 11.5 Å². The SMILES string of the molecule is C=CCNC(=O)C(C#N)=c1sc(=Cc2ccc(F)c(Br)c2)c(=O)n1-c1ccc(C)cc1. The summed E-state index contributed by atoms with van der Waals surface area (Å²) in [6, 6.07) is 13.5. The van der Waals surface area contributed by atoms with Crippen molar-refractivity contribution in [2.75, 3.05) is 6.54 Å². The van der Waals surface area contributed by atoms with Gasteiger partial charge >= 0.3 is 0 Å². The molecule has 1 aromatic heterocycles. The van der Waals surface area contributed by atoms with Crippen molar-refractivity contribution in [2.24, 2.45) is 0 Å². The van der Waals surface area contributed by atoms with Crippen molar-refractivity contribution in [3.63, 3.8) is 0 Å². The standard InChI is InChI=1S/C23H17BrFN3O2S/c1-3-10-27-21(29)17(13-26)23-28(16-7-4-14(2)5-8-16)22(30)20(31-23)12-15-6-9-19(25)18(24)11-15/h3-9,11-12H,1,10H2,2H3,(H,27,29). The Labute approximate surface area is 190 Å². The third-order valence-electron chi connectivity index (χ3n) is 4.32. The molecule has 1 N–H and O–H groups in total. The first-order chi connectivity index (χ1) is 14.8. The van der Waals surface area contributed by atoms with Crippen LogP contribution in [0.4, 0.5) is 4.39 Å². The average molecular weight is 498 g/mol. The van der Waals surface area contributed by atoms with Gasteiger partial charge in [-0.25, -0.2) is 4.39 Å². The van der Waals surface area contributed by atoms with Crippen molar-refractivity contribution in [3.05, 3.63) is 96.1 Å². The number of hydrogen-bond donors (Lipinski definition) is 1. The molecule has 1 heterocycles. The molecule has 2 aromatic carbocycles. The molecule has 3 aromatic rings. The van der Waals surface area contributed by atoms with Gasteiger partial charge in [-0.1, -0.05) is 29.8 Å². The Morgan fingerprint density at radius 3 is 2.65 bits per heavy atom. The molecule has 5 nitrogen and oxygen atoms in total. The van der Waals surface area contributed by atoms with Crippen LogP contribution >= 0.6 is 27.3 Å². The van der Waals surface area contributed by atoms with E-state index in [9.17, 15) is 19.2 Å². The molecule has 31 heavy (non-hydrogen) atoms. The number of carbonyl (C=O) groups excluding carboxylic acids is 1. The summed E-state index contributed by atoms with van der Waals surface area (Å²) < 4.78 is 15.7. The van der Waals surface area contributed by atoms with Crippen molar-refractivity contribution in [1.29, 1.82) is 5.26 Å².